The number of ether oxygens (including phenoxy) is 3. The number of carbonyl (C=O) groups excluding carboxylic acids is 1. The molecule has 0 saturated carbocycles. The van der Waals surface area contributed by atoms with Crippen LogP contribution in [0, 0.1) is 0 Å². The zero-order valence-corrected chi connectivity index (χ0v) is 17.1. The third-order valence-electron chi connectivity index (χ3n) is 4.99. The van der Waals surface area contributed by atoms with E-state index in [9.17, 15) is 9.90 Å². The minimum Gasteiger partial charge on any atom is -0.497 e. The molecule has 7 heteroatoms. The van der Waals surface area contributed by atoms with Gasteiger partial charge in [-0.05, 0) is 48.0 Å². The molecule has 29 heavy (non-hydrogen) atoms. The Kier molecular flexibility index (Phi) is 6.82. The highest BCUT2D eigenvalue weighted by Gasteiger charge is 2.23. The first-order valence-corrected chi connectivity index (χ1v) is 9.61. The van der Waals surface area contributed by atoms with E-state index in [0.29, 0.717) is 31.8 Å². The number of aliphatic hydroxyl groups excluding tert-OH is 1. The Bertz CT molecular complexity index is 824. The molecule has 0 aromatic heterocycles. The molecule has 0 aliphatic carbocycles. The van der Waals surface area contributed by atoms with Gasteiger partial charge in [-0.25, -0.2) is 0 Å². The Morgan fingerprint density at radius 1 is 1.03 bits per heavy atom. The van der Waals surface area contributed by atoms with Crippen molar-refractivity contribution in [1.82, 2.24) is 4.90 Å². The third-order valence-corrected chi connectivity index (χ3v) is 4.99. The summed E-state index contributed by atoms with van der Waals surface area (Å²) in [6.45, 7) is 1.55. The molecule has 2 aromatic rings. The average molecular weight is 400 g/mol. The molecule has 156 valence electrons. The molecule has 0 radical (unpaired) electrons. The van der Waals surface area contributed by atoms with E-state index in [1.165, 1.54) is 0 Å². The number of anilines is 1. The van der Waals surface area contributed by atoms with Crippen molar-refractivity contribution in [3.05, 3.63) is 48.0 Å². The summed E-state index contributed by atoms with van der Waals surface area (Å²) < 4.78 is 16.2. The number of β-amino-alcohol motifs (C(OH)–C–C–N with tert-alkyl or cyclic N) is 1. The standard InChI is InChI=1S/C22H28N2O5/c1-23-13-16-12-20(28-3)8-9-21(16)24(11-10-22(23)26)14-17(25)15-29-19-6-4-18(27-2)5-7-19/h4-9,12,17,25H,10-11,13-15H2,1-3H3. The molecule has 1 amide bonds. The van der Waals surface area contributed by atoms with E-state index >= 15 is 0 Å². The number of amides is 1. The lowest BCUT2D eigenvalue weighted by atomic mass is 10.1. The molecule has 1 N–H and O–H groups in total. The van der Waals surface area contributed by atoms with Crippen LogP contribution in [0.2, 0.25) is 0 Å². The number of carbonyl (C=O) groups is 1. The quantitative estimate of drug-likeness (QED) is 0.769. The lowest BCUT2D eigenvalue weighted by Crippen LogP contribution is -2.41. The van der Waals surface area contributed by atoms with Crippen molar-refractivity contribution in [3.63, 3.8) is 0 Å². The molecule has 0 fully saturated rings. The first-order valence-electron chi connectivity index (χ1n) is 9.61. The number of hydrogen-bond donors (Lipinski definition) is 1. The second-order valence-corrected chi connectivity index (χ2v) is 7.08. The van der Waals surface area contributed by atoms with Gasteiger partial charge in [0.15, 0.2) is 0 Å². The van der Waals surface area contributed by atoms with Gasteiger partial charge in [0.05, 0.1) is 14.2 Å². The summed E-state index contributed by atoms with van der Waals surface area (Å²) in [6.07, 6.45) is -0.312. The number of rotatable bonds is 7. The maximum Gasteiger partial charge on any atom is 0.224 e. The molecule has 0 spiro atoms. The van der Waals surface area contributed by atoms with Crippen LogP contribution < -0.4 is 19.1 Å². The predicted octanol–water partition coefficient (Wildman–Crippen LogP) is 2.31. The second-order valence-electron chi connectivity index (χ2n) is 7.08. The molecule has 3 rings (SSSR count). The minimum atomic E-state index is -0.709. The lowest BCUT2D eigenvalue weighted by Gasteiger charge is -2.33. The molecular formula is C22H28N2O5. The van der Waals surface area contributed by atoms with Crippen molar-refractivity contribution < 1.29 is 24.1 Å². The number of nitrogens with zero attached hydrogens (tertiary/aromatic N) is 2. The molecule has 1 unspecified atom stereocenters. The summed E-state index contributed by atoms with van der Waals surface area (Å²) in [5.41, 5.74) is 1.98. The van der Waals surface area contributed by atoms with Crippen LogP contribution in [-0.4, -0.2) is 63.0 Å². The highest BCUT2D eigenvalue weighted by atomic mass is 16.5. The van der Waals surface area contributed by atoms with Crippen LogP contribution in [0.3, 0.4) is 0 Å². The van der Waals surface area contributed by atoms with Crippen LogP contribution in [0.4, 0.5) is 5.69 Å². The zero-order chi connectivity index (χ0) is 20.8. The normalized spacial score (nSPS) is 15.2. The molecule has 1 heterocycles. The van der Waals surface area contributed by atoms with Crippen LogP contribution in [0.1, 0.15) is 12.0 Å². The van der Waals surface area contributed by atoms with E-state index in [0.717, 1.165) is 22.7 Å². The second kappa shape index (κ2) is 9.52. The van der Waals surface area contributed by atoms with Gasteiger partial charge in [0.2, 0.25) is 5.91 Å². The van der Waals surface area contributed by atoms with Gasteiger partial charge in [0.25, 0.3) is 0 Å². The van der Waals surface area contributed by atoms with Gasteiger partial charge >= 0.3 is 0 Å². The topological polar surface area (TPSA) is 71.5 Å². The van der Waals surface area contributed by atoms with Gasteiger partial charge in [0, 0.05) is 38.8 Å². The molecule has 7 nitrogen and oxygen atoms in total. The molecule has 1 atom stereocenters. The van der Waals surface area contributed by atoms with Gasteiger partial charge in [0.1, 0.15) is 30.0 Å². The Morgan fingerprint density at radius 3 is 2.38 bits per heavy atom. The highest BCUT2D eigenvalue weighted by molar-refractivity contribution is 5.77. The van der Waals surface area contributed by atoms with E-state index in [1.54, 1.807) is 38.3 Å². The summed E-state index contributed by atoms with van der Waals surface area (Å²) in [5, 5.41) is 10.6. The molecule has 0 bridgehead atoms. The summed E-state index contributed by atoms with van der Waals surface area (Å²) in [4.78, 5) is 16.1. The monoisotopic (exact) mass is 400 g/mol. The Labute approximate surface area is 171 Å². The third kappa shape index (κ3) is 5.32. The van der Waals surface area contributed by atoms with Gasteiger partial charge in [-0.1, -0.05) is 0 Å². The minimum absolute atomic E-state index is 0.0763. The largest absolute Gasteiger partial charge is 0.497 e. The van der Waals surface area contributed by atoms with Crippen LogP contribution >= 0.6 is 0 Å². The number of hydrogen-bond acceptors (Lipinski definition) is 6. The number of benzene rings is 2. The van der Waals surface area contributed by atoms with Crippen LogP contribution in [0.25, 0.3) is 0 Å². The van der Waals surface area contributed by atoms with Crippen molar-refractivity contribution >= 4 is 11.6 Å². The van der Waals surface area contributed by atoms with E-state index < -0.39 is 6.10 Å². The van der Waals surface area contributed by atoms with Crippen molar-refractivity contribution in [2.75, 3.05) is 45.9 Å². The molecular weight excluding hydrogens is 372 g/mol. The summed E-state index contributed by atoms with van der Waals surface area (Å²) in [7, 11) is 5.04. The Balaban J connectivity index is 1.69. The van der Waals surface area contributed by atoms with E-state index in [1.807, 2.05) is 35.2 Å². The lowest BCUT2D eigenvalue weighted by molar-refractivity contribution is -0.130. The van der Waals surface area contributed by atoms with Gasteiger partial charge < -0.3 is 29.1 Å². The van der Waals surface area contributed by atoms with Crippen LogP contribution in [-0.2, 0) is 11.3 Å². The average Bonchev–Trinajstić information content (AvgIpc) is 2.74. The smallest absolute Gasteiger partial charge is 0.224 e. The van der Waals surface area contributed by atoms with Crippen LogP contribution in [0.15, 0.2) is 42.5 Å². The van der Waals surface area contributed by atoms with Crippen molar-refractivity contribution in [2.24, 2.45) is 0 Å². The van der Waals surface area contributed by atoms with Crippen LogP contribution in [0.5, 0.6) is 17.2 Å². The Morgan fingerprint density at radius 2 is 1.69 bits per heavy atom. The highest BCUT2D eigenvalue weighted by Crippen LogP contribution is 2.29. The fourth-order valence-electron chi connectivity index (χ4n) is 3.37. The number of fused-ring (bicyclic) bond motifs is 1. The molecule has 2 aromatic carbocycles. The van der Waals surface area contributed by atoms with E-state index in [2.05, 4.69) is 0 Å². The fourth-order valence-corrected chi connectivity index (χ4v) is 3.37. The van der Waals surface area contributed by atoms with E-state index in [-0.39, 0.29) is 12.5 Å². The Hall–Kier alpha value is -2.93. The molecule has 1 aliphatic heterocycles. The number of methoxy groups -OCH3 is 2. The van der Waals surface area contributed by atoms with E-state index in [4.69, 9.17) is 14.2 Å². The van der Waals surface area contributed by atoms with Gasteiger partial charge in [-0.15, -0.1) is 0 Å². The zero-order valence-electron chi connectivity index (χ0n) is 17.1. The summed E-state index contributed by atoms with van der Waals surface area (Å²) in [6, 6.07) is 13.1. The first kappa shape index (κ1) is 20.8. The summed E-state index contributed by atoms with van der Waals surface area (Å²) >= 11 is 0. The van der Waals surface area contributed by atoms with Crippen molar-refractivity contribution in [2.45, 2.75) is 19.1 Å². The fraction of sp³-hybridized carbons (Fsp3) is 0.409. The molecule has 0 saturated heterocycles. The SMILES string of the molecule is COc1ccc(OCC(O)CN2CCC(=O)N(C)Cc3cc(OC)ccc32)cc1. The maximum absolute atomic E-state index is 12.3. The molecule has 1 aliphatic rings. The van der Waals surface area contributed by atoms with Crippen molar-refractivity contribution in [1.29, 1.82) is 0 Å². The van der Waals surface area contributed by atoms with Gasteiger partial charge in [-0.3, -0.25) is 4.79 Å². The predicted molar refractivity (Wildman–Crippen MR) is 111 cm³/mol. The van der Waals surface area contributed by atoms with Crippen molar-refractivity contribution in [3.8, 4) is 17.2 Å². The maximum atomic E-state index is 12.3. The van der Waals surface area contributed by atoms with Gasteiger partial charge in [-0.2, -0.15) is 0 Å². The summed E-state index contributed by atoms with van der Waals surface area (Å²) in [5.74, 6) is 2.24. The first-order chi connectivity index (χ1) is 14.0. The number of aliphatic hydroxyl groups is 1.